The molecule has 1 aromatic carbocycles. The van der Waals surface area contributed by atoms with Gasteiger partial charge in [-0.3, -0.25) is 14.4 Å². The number of rotatable bonds is 1. The molecule has 126 valence electrons. The summed E-state index contributed by atoms with van der Waals surface area (Å²) >= 11 is 0. The Bertz CT molecular complexity index is 717. The van der Waals surface area contributed by atoms with Crippen molar-refractivity contribution in [1.82, 2.24) is 14.7 Å². The summed E-state index contributed by atoms with van der Waals surface area (Å²) in [5.74, 6) is -0.0132. The van der Waals surface area contributed by atoms with Crippen molar-refractivity contribution < 1.29 is 14.4 Å². The summed E-state index contributed by atoms with van der Waals surface area (Å²) in [5.41, 5.74) is 1.67. The van der Waals surface area contributed by atoms with Crippen molar-refractivity contribution in [2.45, 2.75) is 31.8 Å². The molecule has 3 aliphatic heterocycles. The van der Waals surface area contributed by atoms with E-state index in [2.05, 4.69) is 0 Å². The minimum atomic E-state index is -0.519. The van der Waals surface area contributed by atoms with Crippen LogP contribution in [-0.2, 0) is 9.59 Å². The Hall–Kier alpha value is -2.37. The van der Waals surface area contributed by atoms with Gasteiger partial charge in [0.15, 0.2) is 0 Å². The molecule has 2 atom stereocenters. The van der Waals surface area contributed by atoms with E-state index in [-0.39, 0.29) is 23.8 Å². The van der Waals surface area contributed by atoms with Crippen LogP contribution in [-0.4, -0.2) is 70.7 Å². The zero-order valence-electron chi connectivity index (χ0n) is 13.8. The molecular formula is C18H21N3O3. The van der Waals surface area contributed by atoms with E-state index in [0.29, 0.717) is 31.7 Å². The summed E-state index contributed by atoms with van der Waals surface area (Å²) in [6.45, 7) is 3.82. The van der Waals surface area contributed by atoms with Crippen molar-refractivity contribution in [3.8, 4) is 0 Å². The molecule has 0 bridgehead atoms. The van der Waals surface area contributed by atoms with Crippen LogP contribution in [0, 0.1) is 6.92 Å². The molecule has 0 spiro atoms. The number of benzene rings is 1. The second-order valence-corrected chi connectivity index (χ2v) is 6.86. The minimum absolute atomic E-state index is 0.00107. The molecule has 0 aromatic heterocycles. The van der Waals surface area contributed by atoms with Crippen LogP contribution in [0.3, 0.4) is 0 Å². The molecule has 4 rings (SSSR count). The fourth-order valence-corrected chi connectivity index (χ4v) is 4.07. The van der Waals surface area contributed by atoms with Gasteiger partial charge in [-0.1, -0.05) is 17.7 Å². The monoisotopic (exact) mass is 327 g/mol. The highest BCUT2D eigenvalue weighted by molar-refractivity contribution is 5.99. The zero-order valence-corrected chi connectivity index (χ0v) is 13.8. The number of amides is 3. The Kier molecular flexibility index (Phi) is 3.55. The van der Waals surface area contributed by atoms with Crippen molar-refractivity contribution in [1.29, 1.82) is 0 Å². The Morgan fingerprint density at radius 1 is 1.04 bits per heavy atom. The van der Waals surface area contributed by atoms with Gasteiger partial charge in [-0.25, -0.2) is 0 Å². The van der Waals surface area contributed by atoms with Crippen LogP contribution in [0.1, 0.15) is 28.8 Å². The van der Waals surface area contributed by atoms with Crippen molar-refractivity contribution in [3.05, 3.63) is 35.4 Å². The molecule has 1 aromatic rings. The number of hydrogen-bond acceptors (Lipinski definition) is 3. The molecule has 6 heteroatoms. The number of nitrogens with zero attached hydrogens (tertiary/aromatic N) is 3. The SMILES string of the molecule is Cc1cccc(C(=O)N2CCN3C(=O)[C@H]4CCCN4C(=O)[C@H]3C2)c1. The number of aryl methyl sites for hydroxylation is 1. The molecular weight excluding hydrogens is 306 g/mol. The maximum absolute atomic E-state index is 12.7. The van der Waals surface area contributed by atoms with E-state index in [1.807, 2.05) is 25.1 Å². The third-order valence-corrected chi connectivity index (χ3v) is 5.32. The predicted octanol–water partition coefficient (Wildman–Crippen LogP) is 0.653. The van der Waals surface area contributed by atoms with Crippen LogP contribution in [0.15, 0.2) is 24.3 Å². The van der Waals surface area contributed by atoms with Crippen molar-refractivity contribution in [3.63, 3.8) is 0 Å². The van der Waals surface area contributed by atoms with Crippen LogP contribution < -0.4 is 0 Å². The van der Waals surface area contributed by atoms with Gasteiger partial charge in [-0.2, -0.15) is 0 Å². The highest BCUT2D eigenvalue weighted by Gasteiger charge is 2.49. The number of piperazine rings is 2. The quantitative estimate of drug-likeness (QED) is 0.761. The first-order chi connectivity index (χ1) is 11.6. The molecule has 3 heterocycles. The van der Waals surface area contributed by atoms with E-state index in [4.69, 9.17) is 0 Å². The van der Waals surface area contributed by atoms with E-state index in [0.717, 1.165) is 18.4 Å². The van der Waals surface area contributed by atoms with Gasteiger partial charge in [0.05, 0.1) is 6.54 Å². The molecule has 0 N–H and O–H groups in total. The summed E-state index contributed by atoms with van der Waals surface area (Å²) < 4.78 is 0. The second-order valence-electron chi connectivity index (χ2n) is 6.86. The van der Waals surface area contributed by atoms with Gasteiger partial charge in [0, 0.05) is 25.2 Å². The van der Waals surface area contributed by atoms with Crippen LogP contribution >= 0.6 is 0 Å². The van der Waals surface area contributed by atoms with Crippen molar-refractivity contribution in [2.75, 3.05) is 26.2 Å². The molecule has 3 amide bonds. The van der Waals surface area contributed by atoms with Gasteiger partial charge in [0.2, 0.25) is 11.8 Å². The largest absolute Gasteiger partial charge is 0.334 e. The lowest BCUT2D eigenvalue weighted by Gasteiger charge is -2.47. The van der Waals surface area contributed by atoms with Gasteiger partial charge >= 0.3 is 0 Å². The predicted molar refractivity (Wildman–Crippen MR) is 87.3 cm³/mol. The lowest BCUT2D eigenvalue weighted by atomic mass is 10.0. The highest BCUT2D eigenvalue weighted by atomic mass is 16.2. The number of carbonyl (C=O) groups excluding carboxylic acids is 3. The number of hydrogen-bond donors (Lipinski definition) is 0. The van der Waals surface area contributed by atoms with Gasteiger partial charge in [-0.15, -0.1) is 0 Å². The first-order valence-electron chi connectivity index (χ1n) is 8.53. The molecule has 0 radical (unpaired) electrons. The standard InChI is InChI=1S/C18H21N3O3/c1-12-4-2-5-13(10-12)16(22)19-8-9-21-15(11-19)18(24)20-7-3-6-14(20)17(21)23/h2,4-5,10,14-15H,3,6-9,11H2,1H3/t14-,15-/m1/s1. The maximum Gasteiger partial charge on any atom is 0.254 e. The average Bonchev–Trinajstić information content (AvgIpc) is 3.09. The summed E-state index contributed by atoms with van der Waals surface area (Å²) in [7, 11) is 0. The molecule has 6 nitrogen and oxygen atoms in total. The van der Waals surface area contributed by atoms with Gasteiger partial charge < -0.3 is 14.7 Å². The number of fused-ring (bicyclic) bond motifs is 2. The smallest absolute Gasteiger partial charge is 0.254 e. The minimum Gasteiger partial charge on any atom is -0.334 e. The van der Waals surface area contributed by atoms with Gasteiger partial charge in [0.25, 0.3) is 5.91 Å². The number of carbonyl (C=O) groups is 3. The third kappa shape index (κ3) is 2.28. The third-order valence-electron chi connectivity index (χ3n) is 5.32. The van der Waals surface area contributed by atoms with E-state index in [1.165, 1.54) is 0 Å². The summed E-state index contributed by atoms with van der Waals surface area (Å²) in [4.78, 5) is 43.2. The normalized spacial score (nSPS) is 26.5. The van der Waals surface area contributed by atoms with Gasteiger partial charge in [0.1, 0.15) is 12.1 Å². The lowest BCUT2D eigenvalue weighted by Crippen LogP contribution is -2.69. The summed E-state index contributed by atoms with van der Waals surface area (Å²) in [6, 6.07) is 6.68. The topological polar surface area (TPSA) is 60.9 Å². The zero-order chi connectivity index (χ0) is 16.8. The fraction of sp³-hybridized carbons (Fsp3) is 0.500. The highest BCUT2D eigenvalue weighted by Crippen LogP contribution is 2.29. The summed E-state index contributed by atoms with van der Waals surface area (Å²) in [5, 5.41) is 0. The molecule has 3 aliphatic rings. The van der Waals surface area contributed by atoms with Crippen molar-refractivity contribution in [2.24, 2.45) is 0 Å². The molecule has 0 unspecified atom stereocenters. The Morgan fingerprint density at radius 2 is 1.79 bits per heavy atom. The van der Waals surface area contributed by atoms with Crippen LogP contribution in [0.2, 0.25) is 0 Å². The van der Waals surface area contributed by atoms with E-state index in [1.54, 1.807) is 20.8 Å². The first-order valence-corrected chi connectivity index (χ1v) is 8.53. The maximum atomic E-state index is 12.7. The average molecular weight is 327 g/mol. The molecule has 3 saturated heterocycles. The lowest BCUT2D eigenvalue weighted by molar-refractivity contribution is -0.162. The molecule has 0 saturated carbocycles. The molecule has 0 aliphatic carbocycles. The first kappa shape index (κ1) is 15.2. The Morgan fingerprint density at radius 3 is 2.58 bits per heavy atom. The summed E-state index contributed by atoms with van der Waals surface area (Å²) in [6.07, 6.45) is 1.65. The Labute approximate surface area is 141 Å². The van der Waals surface area contributed by atoms with E-state index < -0.39 is 6.04 Å². The van der Waals surface area contributed by atoms with E-state index in [9.17, 15) is 14.4 Å². The van der Waals surface area contributed by atoms with Crippen LogP contribution in [0.4, 0.5) is 0 Å². The second kappa shape index (κ2) is 5.61. The van der Waals surface area contributed by atoms with Crippen LogP contribution in [0.25, 0.3) is 0 Å². The van der Waals surface area contributed by atoms with Crippen molar-refractivity contribution >= 4 is 17.7 Å². The fourth-order valence-electron chi connectivity index (χ4n) is 4.07. The van der Waals surface area contributed by atoms with E-state index >= 15 is 0 Å². The van der Waals surface area contributed by atoms with Crippen LogP contribution in [0.5, 0.6) is 0 Å². The molecule has 3 fully saturated rings. The van der Waals surface area contributed by atoms with Gasteiger partial charge in [-0.05, 0) is 31.9 Å². The molecule has 24 heavy (non-hydrogen) atoms. The Balaban J connectivity index is 1.55.